The largest absolute Gasteiger partial charge is 0.479 e. The molecule has 0 spiro atoms. The van der Waals surface area contributed by atoms with Crippen LogP contribution in [0.25, 0.3) is 0 Å². The monoisotopic (exact) mass is 230 g/mol. The molecule has 0 bridgehead atoms. The number of hydrogen-bond donors (Lipinski definition) is 3. The minimum Gasteiger partial charge on any atom is -0.479 e. The van der Waals surface area contributed by atoms with Gasteiger partial charge in [-0.3, -0.25) is 0 Å². The fourth-order valence-electron chi connectivity index (χ4n) is 1.19. The van der Waals surface area contributed by atoms with Crippen molar-refractivity contribution in [2.24, 2.45) is 0 Å². The van der Waals surface area contributed by atoms with Crippen LogP contribution in [0.2, 0.25) is 5.02 Å². The first-order chi connectivity index (χ1) is 6.93. The molecule has 82 valence electrons. The lowest BCUT2D eigenvalue weighted by molar-refractivity contribution is -0.153. The predicted molar refractivity (Wildman–Crippen MR) is 54.8 cm³/mol. The lowest BCUT2D eigenvalue weighted by atomic mass is 10.0. The first-order valence-corrected chi connectivity index (χ1v) is 4.66. The van der Waals surface area contributed by atoms with Gasteiger partial charge in [-0.15, -0.1) is 0 Å². The van der Waals surface area contributed by atoms with Gasteiger partial charge >= 0.3 is 5.97 Å². The smallest absolute Gasteiger partial charge is 0.335 e. The summed E-state index contributed by atoms with van der Waals surface area (Å²) in [6.07, 6.45) is -3.39. The molecule has 1 rings (SSSR count). The number of hydrogen-bond acceptors (Lipinski definition) is 3. The molecule has 15 heavy (non-hydrogen) atoms. The third kappa shape index (κ3) is 2.68. The highest BCUT2D eigenvalue weighted by Gasteiger charge is 2.26. The molecule has 0 saturated carbocycles. The number of carboxylic acid groups (broad SMARTS) is 1. The molecule has 0 saturated heterocycles. The third-order valence-corrected chi connectivity index (χ3v) is 2.37. The van der Waals surface area contributed by atoms with Crippen LogP contribution in [0.5, 0.6) is 0 Å². The molecule has 2 unspecified atom stereocenters. The number of aliphatic carboxylic acids is 1. The Bertz CT molecular complexity index is 378. The van der Waals surface area contributed by atoms with Gasteiger partial charge in [-0.25, -0.2) is 4.79 Å². The number of rotatable bonds is 3. The number of carboxylic acids is 1. The van der Waals surface area contributed by atoms with Crippen molar-refractivity contribution in [3.05, 3.63) is 34.3 Å². The van der Waals surface area contributed by atoms with E-state index in [1.54, 1.807) is 25.1 Å². The van der Waals surface area contributed by atoms with Crippen LogP contribution in [-0.4, -0.2) is 27.4 Å². The summed E-state index contributed by atoms with van der Waals surface area (Å²) in [6.45, 7) is 1.78. The van der Waals surface area contributed by atoms with Crippen molar-refractivity contribution >= 4 is 17.6 Å². The maximum absolute atomic E-state index is 10.5. The molecular formula is C10H11ClO4. The van der Waals surface area contributed by atoms with E-state index in [0.717, 1.165) is 5.56 Å². The second-order valence-electron chi connectivity index (χ2n) is 3.25. The molecule has 4 nitrogen and oxygen atoms in total. The summed E-state index contributed by atoms with van der Waals surface area (Å²) < 4.78 is 0. The van der Waals surface area contributed by atoms with E-state index in [-0.39, 0.29) is 10.6 Å². The SMILES string of the molecule is Cc1ccc(Cl)c(C(O)C(O)C(=O)O)c1. The van der Waals surface area contributed by atoms with E-state index in [0.29, 0.717) is 0 Å². The van der Waals surface area contributed by atoms with E-state index >= 15 is 0 Å². The van der Waals surface area contributed by atoms with E-state index in [2.05, 4.69) is 0 Å². The van der Waals surface area contributed by atoms with Gasteiger partial charge < -0.3 is 15.3 Å². The van der Waals surface area contributed by atoms with Gasteiger partial charge in [0.25, 0.3) is 0 Å². The summed E-state index contributed by atoms with van der Waals surface area (Å²) >= 11 is 5.78. The predicted octanol–water partition coefficient (Wildman–Crippen LogP) is 1.13. The molecule has 5 heteroatoms. The lowest BCUT2D eigenvalue weighted by Gasteiger charge is -2.16. The van der Waals surface area contributed by atoms with Crippen LogP contribution in [0.1, 0.15) is 17.2 Å². The molecule has 0 aliphatic heterocycles. The highest BCUT2D eigenvalue weighted by molar-refractivity contribution is 6.31. The van der Waals surface area contributed by atoms with Gasteiger partial charge in [-0.2, -0.15) is 0 Å². The Balaban J connectivity index is 3.04. The summed E-state index contributed by atoms with van der Waals surface area (Å²) in [5, 5.41) is 27.5. The zero-order chi connectivity index (χ0) is 11.6. The van der Waals surface area contributed by atoms with Crippen molar-refractivity contribution in [1.82, 2.24) is 0 Å². The van der Waals surface area contributed by atoms with Crippen molar-refractivity contribution in [3.63, 3.8) is 0 Å². The normalized spacial score (nSPS) is 14.7. The van der Waals surface area contributed by atoms with Crippen LogP contribution in [0, 0.1) is 6.92 Å². The molecule has 0 heterocycles. The van der Waals surface area contributed by atoms with Crippen molar-refractivity contribution in [1.29, 1.82) is 0 Å². The van der Waals surface area contributed by atoms with Gasteiger partial charge in [0.05, 0.1) is 0 Å². The van der Waals surface area contributed by atoms with E-state index < -0.39 is 18.2 Å². The Morgan fingerprint density at radius 2 is 2.00 bits per heavy atom. The summed E-state index contributed by atoms with van der Waals surface area (Å²) in [6, 6.07) is 4.81. The van der Waals surface area contributed by atoms with E-state index in [1.807, 2.05) is 0 Å². The molecule has 0 aromatic heterocycles. The summed E-state index contributed by atoms with van der Waals surface area (Å²) in [5.41, 5.74) is 1.04. The molecule has 0 amide bonds. The topological polar surface area (TPSA) is 77.8 Å². The molecule has 3 N–H and O–H groups in total. The number of halogens is 1. The number of benzene rings is 1. The van der Waals surface area contributed by atoms with Crippen LogP contribution in [-0.2, 0) is 4.79 Å². The number of aryl methyl sites for hydroxylation is 1. The Labute approximate surface area is 91.7 Å². The third-order valence-electron chi connectivity index (χ3n) is 2.02. The van der Waals surface area contributed by atoms with Crippen LogP contribution in [0.15, 0.2) is 18.2 Å². The van der Waals surface area contributed by atoms with Crippen LogP contribution >= 0.6 is 11.6 Å². The van der Waals surface area contributed by atoms with Gasteiger partial charge in [0.15, 0.2) is 6.10 Å². The average Bonchev–Trinajstić information content (AvgIpc) is 2.19. The molecule has 0 radical (unpaired) electrons. The van der Waals surface area contributed by atoms with Crippen molar-refractivity contribution in [2.45, 2.75) is 19.1 Å². The highest BCUT2D eigenvalue weighted by Crippen LogP contribution is 2.26. The molecule has 0 fully saturated rings. The average molecular weight is 231 g/mol. The lowest BCUT2D eigenvalue weighted by Crippen LogP contribution is -2.27. The van der Waals surface area contributed by atoms with Gasteiger partial charge in [0.2, 0.25) is 0 Å². The first kappa shape index (κ1) is 12.0. The Morgan fingerprint density at radius 1 is 1.40 bits per heavy atom. The highest BCUT2D eigenvalue weighted by atomic mass is 35.5. The van der Waals surface area contributed by atoms with Gasteiger partial charge in [-0.1, -0.05) is 29.3 Å². The van der Waals surface area contributed by atoms with Crippen LogP contribution in [0.3, 0.4) is 0 Å². The van der Waals surface area contributed by atoms with Gasteiger partial charge in [0.1, 0.15) is 6.10 Å². The van der Waals surface area contributed by atoms with Crippen molar-refractivity contribution in [2.75, 3.05) is 0 Å². The standard InChI is InChI=1S/C10H11ClO4/c1-5-2-3-7(11)6(4-5)8(12)9(13)10(14)15/h2-4,8-9,12-13H,1H3,(H,14,15). The fraction of sp³-hybridized carbons (Fsp3) is 0.300. The van der Waals surface area contributed by atoms with Gasteiger partial charge in [-0.05, 0) is 13.0 Å². The van der Waals surface area contributed by atoms with Crippen LogP contribution in [0.4, 0.5) is 0 Å². The fourth-order valence-corrected chi connectivity index (χ4v) is 1.42. The summed E-state index contributed by atoms with van der Waals surface area (Å²) in [7, 11) is 0. The molecule has 0 aliphatic carbocycles. The molecular weight excluding hydrogens is 220 g/mol. The Morgan fingerprint density at radius 3 is 2.53 bits per heavy atom. The van der Waals surface area contributed by atoms with E-state index in [4.69, 9.17) is 21.8 Å². The molecule has 0 aliphatic rings. The Hall–Kier alpha value is -1.10. The number of carbonyl (C=O) groups is 1. The van der Waals surface area contributed by atoms with E-state index in [1.165, 1.54) is 0 Å². The van der Waals surface area contributed by atoms with E-state index in [9.17, 15) is 9.90 Å². The van der Waals surface area contributed by atoms with Crippen molar-refractivity contribution < 1.29 is 20.1 Å². The summed E-state index contributed by atoms with van der Waals surface area (Å²) in [5.74, 6) is -1.49. The summed E-state index contributed by atoms with van der Waals surface area (Å²) in [4.78, 5) is 10.5. The maximum Gasteiger partial charge on any atom is 0.335 e. The van der Waals surface area contributed by atoms with Crippen molar-refractivity contribution in [3.8, 4) is 0 Å². The first-order valence-electron chi connectivity index (χ1n) is 4.28. The quantitative estimate of drug-likeness (QED) is 0.727. The Kier molecular flexibility index (Phi) is 3.68. The number of aliphatic hydroxyl groups is 2. The van der Waals surface area contributed by atoms with Gasteiger partial charge in [0, 0.05) is 10.6 Å². The minimum atomic E-state index is -1.87. The number of aliphatic hydroxyl groups excluding tert-OH is 2. The molecule has 2 atom stereocenters. The second-order valence-corrected chi connectivity index (χ2v) is 3.66. The zero-order valence-electron chi connectivity index (χ0n) is 8.01. The minimum absolute atomic E-state index is 0.214. The zero-order valence-corrected chi connectivity index (χ0v) is 8.77. The van der Waals surface area contributed by atoms with Crippen LogP contribution < -0.4 is 0 Å². The molecule has 1 aromatic rings. The maximum atomic E-state index is 10.5. The second kappa shape index (κ2) is 4.61. The molecule has 1 aromatic carbocycles.